The highest BCUT2D eigenvalue weighted by Crippen LogP contribution is 2.25. The van der Waals surface area contributed by atoms with Crippen molar-refractivity contribution in [3.8, 4) is 11.5 Å². The number of aromatic hydroxyl groups is 2. The van der Waals surface area contributed by atoms with Gasteiger partial charge in [0.15, 0.2) is 0 Å². The van der Waals surface area contributed by atoms with Gasteiger partial charge >= 0.3 is 0 Å². The molecule has 34 heavy (non-hydrogen) atoms. The highest BCUT2D eigenvalue weighted by molar-refractivity contribution is 5.78. The van der Waals surface area contributed by atoms with Gasteiger partial charge < -0.3 is 26.0 Å². The summed E-state index contributed by atoms with van der Waals surface area (Å²) in [5.74, 6) is -0.685. The van der Waals surface area contributed by atoms with Crippen molar-refractivity contribution in [3.05, 3.63) is 94.8 Å². The Morgan fingerprint density at radius 2 is 1.59 bits per heavy atom. The van der Waals surface area contributed by atoms with Crippen molar-refractivity contribution in [2.45, 2.75) is 44.9 Å². The number of rotatable bonds is 10. The number of carbonyl (C=O) groups excluding carboxylic acids is 1. The van der Waals surface area contributed by atoms with E-state index >= 15 is 0 Å². The van der Waals surface area contributed by atoms with Crippen LogP contribution in [0.5, 0.6) is 11.5 Å². The molecular weight excluding hydrogens is 435 g/mol. The maximum atomic E-state index is 13.3. The first kappa shape index (κ1) is 25.2. The molecule has 0 spiro atoms. The van der Waals surface area contributed by atoms with Crippen LogP contribution in [0.2, 0.25) is 0 Å². The van der Waals surface area contributed by atoms with Crippen LogP contribution in [0.4, 0.5) is 4.39 Å². The third-order valence-electron chi connectivity index (χ3n) is 5.46. The zero-order valence-electron chi connectivity index (χ0n) is 19.4. The van der Waals surface area contributed by atoms with Crippen LogP contribution >= 0.6 is 0 Å². The summed E-state index contributed by atoms with van der Waals surface area (Å²) < 4.78 is 13.3. The molecule has 0 aliphatic rings. The third kappa shape index (κ3) is 7.86. The van der Waals surface area contributed by atoms with Crippen LogP contribution in [0.3, 0.4) is 0 Å². The molecule has 3 rings (SSSR count). The van der Waals surface area contributed by atoms with Crippen molar-refractivity contribution in [3.63, 3.8) is 0 Å². The molecule has 3 aromatic carbocycles. The van der Waals surface area contributed by atoms with Crippen LogP contribution in [0.1, 0.15) is 42.2 Å². The van der Waals surface area contributed by atoms with Gasteiger partial charge in [-0.3, -0.25) is 4.79 Å². The van der Waals surface area contributed by atoms with Gasteiger partial charge in [0.25, 0.3) is 0 Å². The van der Waals surface area contributed by atoms with Crippen LogP contribution in [0, 0.1) is 5.82 Å². The molecule has 0 radical (unpaired) electrons. The highest BCUT2D eigenvalue weighted by atomic mass is 19.1. The summed E-state index contributed by atoms with van der Waals surface area (Å²) in [6.07, 6.45) is -0.0223. The normalized spacial score (nSPS) is 12.4. The minimum absolute atomic E-state index is 0.106. The summed E-state index contributed by atoms with van der Waals surface area (Å²) in [7, 11) is 0. The van der Waals surface area contributed by atoms with Crippen LogP contribution in [0.25, 0.3) is 0 Å². The maximum absolute atomic E-state index is 13.3. The number of halogens is 1. The Kier molecular flexibility index (Phi) is 8.26. The number of amides is 1. The first-order chi connectivity index (χ1) is 16.1. The quantitative estimate of drug-likeness (QED) is 0.313. The van der Waals surface area contributed by atoms with Gasteiger partial charge in [-0.15, -0.1) is 0 Å². The van der Waals surface area contributed by atoms with Crippen LogP contribution in [0.15, 0.2) is 66.7 Å². The molecule has 3 aromatic rings. The molecule has 6 nitrogen and oxygen atoms in total. The average molecular weight is 467 g/mol. The summed E-state index contributed by atoms with van der Waals surface area (Å²) in [6.45, 7) is 4.53. The average Bonchev–Trinajstić information content (AvgIpc) is 2.75. The monoisotopic (exact) mass is 466 g/mol. The fourth-order valence-corrected chi connectivity index (χ4v) is 3.82. The summed E-state index contributed by atoms with van der Waals surface area (Å²) in [6, 6.07) is 18.0. The van der Waals surface area contributed by atoms with Crippen molar-refractivity contribution >= 4 is 5.91 Å². The van der Waals surface area contributed by atoms with Crippen molar-refractivity contribution in [1.29, 1.82) is 0 Å². The van der Waals surface area contributed by atoms with Crippen molar-refractivity contribution < 1.29 is 24.5 Å². The number of aliphatic hydroxyl groups excluding tert-OH is 1. The summed E-state index contributed by atoms with van der Waals surface area (Å²) in [5.41, 5.74) is 2.68. The fraction of sp³-hybridized carbons (Fsp3) is 0.296. The van der Waals surface area contributed by atoms with E-state index in [1.807, 2.05) is 38.1 Å². The molecule has 1 amide bonds. The molecule has 0 aliphatic carbocycles. The fourth-order valence-electron chi connectivity index (χ4n) is 3.82. The van der Waals surface area contributed by atoms with Gasteiger partial charge in [-0.1, -0.05) is 36.4 Å². The van der Waals surface area contributed by atoms with Crippen LogP contribution in [-0.2, 0) is 24.2 Å². The SMILES string of the molecule is CC(C)(Cc1cccc(CC(=O)NCc2cccc(F)c2)c1)NCC(O)c1cc(O)cc(O)c1. The molecule has 180 valence electrons. The van der Waals surface area contributed by atoms with E-state index in [4.69, 9.17) is 0 Å². The second kappa shape index (κ2) is 11.1. The summed E-state index contributed by atoms with van der Waals surface area (Å²) in [5, 5.41) is 35.8. The number of phenols is 2. The second-order valence-corrected chi connectivity index (χ2v) is 9.14. The molecule has 0 aliphatic heterocycles. The van der Waals surface area contributed by atoms with E-state index in [1.54, 1.807) is 12.1 Å². The zero-order chi connectivity index (χ0) is 24.7. The molecule has 0 aromatic heterocycles. The molecule has 0 fully saturated rings. The van der Waals surface area contributed by atoms with E-state index in [0.717, 1.165) is 11.1 Å². The van der Waals surface area contributed by atoms with E-state index in [9.17, 15) is 24.5 Å². The van der Waals surface area contributed by atoms with Gasteiger partial charge in [-0.2, -0.15) is 0 Å². The Hall–Kier alpha value is -3.42. The lowest BCUT2D eigenvalue weighted by molar-refractivity contribution is -0.120. The number of β-amino-alcohol motifs (C(OH)–C–C–N with tert-alkyl or cyclic N) is 1. The molecule has 7 heteroatoms. The van der Waals surface area contributed by atoms with Gasteiger partial charge in [0.1, 0.15) is 17.3 Å². The predicted molar refractivity (Wildman–Crippen MR) is 129 cm³/mol. The smallest absolute Gasteiger partial charge is 0.224 e. The first-order valence-electron chi connectivity index (χ1n) is 11.1. The molecule has 0 saturated carbocycles. The van der Waals surface area contributed by atoms with Gasteiger partial charge in [0, 0.05) is 24.7 Å². The lowest BCUT2D eigenvalue weighted by Gasteiger charge is -2.28. The largest absolute Gasteiger partial charge is 0.508 e. The van der Waals surface area contributed by atoms with Crippen molar-refractivity contribution in [2.24, 2.45) is 0 Å². The molecule has 0 saturated heterocycles. The van der Waals surface area contributed by atoms with E-state index in [0.29, 0.717) is 17.5 Å². The standard InChI is InChI=1S/C27H31FN2O4/c1-27(2,30-17-25(33)21-12-23(31)14-24(32)13-21)15-19-6-3-5-18(9-19)11-26(34)29-16-20-7-4-8-22(28)10-20/h3-10,12-14,25,30-33H,11,15-17H2,1-2H3,(H,29,34). The topological polar surface area (TPSA) is 102 Å². The van der Waals surface area contributed by atoms with Gasteiger partial charge in [0.2, 0.25) is 5.91 Å². The van der Waals surface area contributed by atoms with Gasteiger partial charge in [0.05, 0.1) is 12.5 Å². The first-order valence-corrected chi connectivity index (χ1v) is 11.1. The van der Waals surface area contributed by atoms with Crippen LogP contribution in [-0.4, -0.2) is 33.3 Å². The number of aliphatic hydroxyl groups is 1. The summed E-state index contributed by atoms with van der Waals surface area (Å²) in [4.78, 5) is 12.3. The Bertz CT molecular complexity index is 1110. The maximum Gasteiger partial charge on any atom is 0.224 e. The van der Waals surface area contributed by atoms with Crippen molar-refractivity contribution in [1.82, 2.24) is 10.6 Å². The van der Waals surface area contributed by atoms with E-state index in [2.05, 4.69) is 10.6 Å². The number of phenolic OH excluding ortho intramolecular Hbond substituents is 2. The highest BCUT2D eigenvalue weighted by Gasteiger charge is 2.20. The lowest BCUT2D eigenvalue weighted by atomic mass is 9.93. The number of hydrogen-bond donors (Lipinski definition) is 5. The molecule has 1 unspecified atom stereocenters. The molecule has 0 bridgehead atoms. The van der Waals surface area contributed by atoms with Gasteiger partial charge in [-0.25, -0.2) is 4.39 Å². The molecule has 0 heterocycles. The number of benzene rings is 3. The molecule has 1 atom stereocenters. The second-order valence-electron chi connectivity index (χ2n) is 9.14. The van der Waals surface area contributed by atoms with E-state index < -0.39 is 6.10 Å². The molecular formula is C27H31FN2O4. The number of nitrogens with one attached hydrogen (secondary N) is 2. The Morgan fingerprint density at radius 3 is 2.29 bits per heavy atom. The Labute approximate surface area is 199 Å². The molecule has 5 N–H and O–H groups in total. The minimum atomic E-state index is -0.898. The third-order valence-corrected chi connectivity index (χ3v) is 5.46. The summed E-state index contributed by atoms with van der Waals surface area (Å²) >= 11 is 0. The Morgan fingerprint density at radius 1 is 0.941 bits per heavy atom. The van der Waals surface area contributed by atoms with Crippen LogP contribution < -0.4 is 10.6 Å². The lowest BCUT2D eigenvalue weighted by Crippen LogP contribution is -2.43. The minimum Gasteiger partial charge on any atom is -0.508 e. The Balaban J connectivity index is 1.53. The van der Waals surface area contributed by atoms with E-state index in [1.165, 1.54) is 30.3 Å². The number of hydrogen-bond acceptors (Lipinski definition) is 5. The predicted octanol–water partition coefficient (Wildman–Crippen LogP) is 3.74. The van der Waals surface area contributed by atoms with Crippen molar-refractivity contribution in [2.75, 3.05) is 6.54 Å². The van der Waals surface area contributed by atoms with E-state index in [-0.39, 0.29) is 48.3 Å². The zero-order valence-corrected chi connectivity index (χ0v) is 19.4. The van der Waals surface area contributed by atoms with Gasteiger partial charge in [-0.05, 0) is 66.8 Å². The number of carbonyl (C=O) groups is 1.